The Morgan fingerprint density at radius 2 is 2.03 bits per heavy atom. The maximum Gasteiger partial charge on any atom is 0.217 e. The Balaban J connectivity index is 1.39. The summed E-state index contributed by atoms with van der Waals surface area (Å²) in [5.41, 5.74) is 3.43. The summed E-state index contributed by atoms with van der Waals surface area (Å²) < 4.78 is 0. The zero-order valence-electron chi connectivity index (χ0n) is 22.7. The van der Waals surface area contributed by atoms with Crippen LogP contribution in [-0.4, -0.2) is 59.0 Å². The number of hydrogen-bond donors (Lipinski definition) is 2. The van der Waals surface area contributed by atoms with Crippen LogP contribution in [0.1, 0.15) is 42.6 Å². The molecular formula is C29H35N7OS. The van der Waals surface area contributed by atoms with Gasteiger partial charge in [-0.05, 0) is 63.7 Å². The maximum atomic E-state index is 11.5. The van der Waals surface area contributed by atoms with Crippen LogP contribution in [0.4, 0.5) is 11.6 Å². The Morgan fingerprint density at radius 3 is 2.82 bits per heavy atom. The van der Waals surface area contributed by atoms with E-state index in [-0.39, 0.29) is 18.0 Å². The Labute approximate surface area is 228 Å². The van der Waals surface area contributed by atoms with E-state index in [1.165, 1.54) is 20.9 Å². The van der Waals surface area contributed by atoms with Crippen molar-refractivity contribution in [1.29, 1.82) is 0 Å². The molecule has 1 fully saturated rings. The first-order valence-corrected chi connectivity index (χ1v) is 13.8. The lowest BCUT2D eigenvalue weighted by Gasteiger charge is -2.20. The molecule has 0 bridgehead atoms. The molecule has 8 nitrogen and oxygen atoms in total. The molecule has 9 heteroatoms. The summed E-state index contributed by atoms with van der Waals surface area (Å²) in [5.74, 6) is 2.40. The first kappa shape index (κ1) is 26.1. The number of anilines is 2. The van der Waals surface area contributed by atoms with Gasteiger partial charge < -0.3 is 20.4 Å². The van der Waals surface area contributed by atoms with Crippen molar-refractivity contribution in [3.05, 3.63) is 64.9 Å². The average molecular weight is 530 g/mol. The highest BCUT2D eigenvalue weighted by Crippen LogP contribution is 2.36. The largest absolute Gasteiger partial charge is 0.362 e. The van der Waals surface area contributed by atoms with Crippen molar-refractivity contribution in [3.8, 4) is 10.4 Å². The number of aromatic nitrogens is 3. The molecule has 2 N–H and O–H groups in total. The highest BCUT2D eigenvalue weighted by atomic mass is 32.1. The van der Waals surface area contributed by atoms with Crippen molar-refractivity contribution in [3.63, 3.8) is 0 Å². The molecule has 3 aromatic heterocycles. The fourth-order valence-corrected chi connectivity index (χ4v) is 6.11. The molecule has 0 radical (unpaired) electrons. The minimum atomic E-state index is 0.00518. The van der Waals surface area contributed by atoms with Gasteiger partial charge in [-0.3, -0.25) is 4.79 Å². The number of hydrogen-bond acceptors (Lipinski definition) is 8. The van der Waals surface area contributed by atoms with Gasteiger partial charge in [-0.1, -0.05) is 24.3 Å². The molecule has 1 aliphatic heterocycles. The highest BCUT2D eigenvalue weighted by Gasteiger charge is 2.25. The van der Waals surface area contributed by atoms with Crippen LogP contribution in [0.2, 0.25) is 0 Å². The van der Waals surface area contributed by atoms with Crippen LogP contribution in [0.25, 0.3) is 21.3 Å². The standard InChI is InChI=1S/C29H35N7OS/c1-18(26-10-11-27(38-26)23-9-7-6-8-21(23)16-35(4)5)31-29-24-14-28(30-15-25(24)32-19(2)33-29)36-13-12-22(17-36)34-20(3)37/h6-11,14-15,18,22H,12-13,16-17H2,1-5H3,(H,34,37)(H,31,32,33)/t18?,22-/m1/s1. The number of pyridine rings is 1. The third-order valence-corrected chi connectivity index (χ3v) is 8.08. The second-order valence-electron chi connectivity index (χ2n) is 10.3. The van der Waals surface area contributed by atoms with E-state index < -0.39 is 0 Å². The first-order valence-electron chi connectivity index (χ1n) is 13.0. The van der Waals surface area contributed by atoms with Gasteiger partial charge in [0.25, 0.3) is 0 Å². The van der Waals surface area contributed by atoms with E-state index in [1.54, 1.807) is 6.92 Å². The van der Waals surface area contributed by atoms with Crippen molar-refractivity contribution in [2.45, 2.75) is 45.8 Å². The number of fused-ring (bicyclic) bond motifs is 1. The zero-order chi connectivity index (χ0) is 26.8. The number of carbonyl (C=O) groups is 1. The van der Waals surface area contributed by atoms with E-state index in [2.05, 4.69) is 93.9 Å². The van der Waals surface area contributed by atoms with Gasteiger partial charge >= 0.3 is 0 Å². The Hall–Kier alpha value is -3.56. The predicted octanol–water partition coefficient (Wildman–Crippen LogP) is 5.01. The maximum absolute atomic E-state index is 11.5. The Morgan fingerprint density at radius 1 is 1.21 bits per heavy atom. The molecule has 1 aromatic carbocycles. The van der Waals surface area contributed by atoms with Gasteiger partial charge in [-0.15, -0.1) is 11.3 Å². The molecule has 38 heavy (non-hydrogen) atoms. The van der Waals surface area contributed by atoms with Crippen molar-refractivity contribution in [2.75, 3.05) is 37.4 Å². The number of carbonyl (C=O) groups excluding carboxylic acids is 1. The van der Waals surface area contributed by atoms with Crippen LogP contribution in [0.3, 0.4) is 0 Å². The molecule has 2 atom stereocenters. The molecule has 4 heterocycles. The molecule has 5 rings (SSSR count). The fraction of sp³-hybridized carbons (Fsp3) is 0.379. The quantitative estimate of drug-likeness (QED) is 0.332. The molecule has 1 unspecified atom stereocenters. The summed E-state index contributed by atoms with van der Waals surface area (Å²) in [5, 5.41) is 7.62. The Bertz CT molecular complexity index is 1450. The van der Waals surface area contributed by atoms with E-state index in [4.69, 9.17) is 4.98 Å². The smallest absolute Gasteiger partial charge is 0.217 e. The van der Waals surface area contributed by atoms with Crippen molar-refractivity contribution in [1.82, 2.24) is 25.2 Å². The Kier molecular flexibility index (Phi) is 7.58. The highest BCUT2D eigenvalue weighted by molar-refractivity contribution is 7.15. The predicted molar refractivity (Wildman–Crippen MR) is 156 cm³/mol. The number of rotatable bonds is 8. The van der Waals surface area contributed by atoms with Gasteiger partial charge in [-0.2, -0.15) is 0 Å². The minimum absolute atomic E-state index is 0.00518. The molecule has 1 aliphatic rings. The second kappa shape index (κ2) is 11.0. The number of thiophene rings is 1. The van der Waals surface area contributed by atoms with Gasteiger partial charge in [-0.25, -0.2) is 15.0 Å². The van der Waals surface area contributed by atoms with Gasteiger partial charge in [0.2, 0.25) is 5.91 Å². The molecule has 0 spiro atoms. The third kappa shape index (κ3) is 5.79. The monoisotopic (exact) mass is 529 g/mol. The van der Waals surface area contributed by atoms with E-state index in [9.17, 15) is 4.79 Å². The average Bonchev–Trinajstić information content (AvgIpc) is 3.54. The van der Waals surface area contributed by atoms with Crippen LogP contribution < -0.4 is 15.5 Å². The fourth-order valence-electron chi connectivity index (χ4n) is 5.04. The van der Waals surface area contributed by atoms with Crippen molar-refractivity contribution >= 4 is 39.8 Å². The molecular weight excluding hydrogens is 494 g/mol. The molecule has 0 saturated carbocycles. The molecule has 1 amide bonds. The summed E-state index contributed by atoms with van der Waals surface area (Å²) in [4.78, 5) is 32.5. The SMILES string of the molecule is CC(=O)N[C@@H]1CCN(c2cc3c(NC(C)c4ccc(-c5ccccc5CN(C)C)s4)nc(C)nc3cn2)C1. The number of amides is 1. The van der Waals surface area contributed by atoms with Crippen LogP contribution in [0.5, 0.6) is 0 Å². The third-order valence-electron chi connectivity index (χ3n) is 6.78. The van der Waals surface area contributed by atoms with E-state index in [0.717, 1.165) is 48.6 Å². The number of nitrogens with one attached hydrogen (secondary N) is 2. The van der Waals surface area contributed by atoms with E-state index in [1.807, 2.05) is 24.5 Å². The zero-order valence-corrected chi connectivity index (χ0v) is 23.5. The number of aryl methyl sites for hydroxylation is 1. The molecule has 198 valence electrons. The normalized spacial score (nSPS) is 16.3. The lowest BCUT2D eigenvalue weighted by molar-refractivity contribution is -0.119. The van der Waals surface area contributed by atoms with Crippen molar-refractivity contribution < 1.29 is 4.79 Å². The summed E-state index contributed by atoms with van der Waals surface area (Å²) in [6.07, 6.45) is 2.73. The minimum Gasteiger partial charge on any atom is -0.362 e. The van der Waals surface area contributed by atoms with Gasteiger partial charge in [0.05, 0.1) is 17.8 Å². The molecule has 4 aromatic rings. The van der Waals surface area contributed by atoms with Crippen LogP contribution >= 0.6 is 11.3 Å². The van der Waals surface area contributed by atoms with E-state index >= 15 is 0 Å². The lowest BCUT2D eigenvalue weighted by atomic mass is 10.1. The lowest BCUT2D eigenvalue weighted by Crippen LogP contribution is -2.35. The summed E-state index contributed by atoms with van der Waals surface area (Å²) in [7, 11) is 4.20. The number of benzene rings is 1. The van der Waals surface area contributed by atoms with Crippen molar-refractivity contribution in [2.24, 2.45) is 0 Å². The topological polar surface area (TPSA) is 86.3 Å². The second-order valence-corrected chi connectivity index (χ2v) is 11.4. The summed E-state index contributed by atoms with van der Waals surface area (Å²) in [6, 6.07) is 15.3. The first-order chi connectivity index (χ1) is 18.3. The van der Waals surface area contributed by atoms with Crippen LogP contribution in [0.15, 0.2) is 48.7 Å². The van der Waals surface area contributed by atoms with Crippen LogP contribution in [-0.2, 0) is 11.3 Å². The van der Waals surface area contributed by atoms with Gasteiger partial charge in [0.15, 0.2) is 0 Å². The van der Waals surface area contributed by atoms with Gasteiger partial charge in [0.1, 0.15) is 17.5 Å². The van der Waals surface area contributed by atoms with Crippen LogP contribution in [0, 0.1) is 6.92 Å². The number of nitrogens with zero attached hydrogens (tertiary/aromatic N) is 5. The summed E-state index contributed by atoms with van der Waals surface area (Å²) >= 11 is 1.81. The molecule has 0 aliphatic carbocycles. The summed E-state index contributed by atoms with van der Waals surface area (Å²) in [6.45, 7) is 8.15. The van der Waals surface area contributed by atoms with Gasteiger partial charge in [0, 0.05) is 47.7 Å². The molecule has 1 saturated heterocycles. The van der Waals surface area contributed by atoms with E-state index in [0.29, 0.717) is 5.82 Å².